The number of hydrogen-bond donors (Lipinski definition) is 1. The Balaban J connectivity index is 3.19. The summed E-state index contributed by atoms with van der Waals surface area (Å²) in [6.45, 7) is 11.4. The van der Waals surface area contributed by atoms with Crippen LogP contribution in [0, 0.1) is 5.41 Å². The zero-order chi connectivity index (χ0) is 13.3. The van der Waals surface area contributed by atoms with Crippen molar-refractivity contribution in [2.24, 2.45) is 5.41 Å². The van der Waals surface area contributed by atoms with E-state index in [9.17, 15) is 0 Å². The normalized spacial score (nSPS) is 12.6. The van der Waals surface area contributed by atoms with Crippen molar-refractivity contribution in [1.29, 1.82) is 0 Å². The highest BCUT2D eigenvalue weighted by Gasteiger charge is 2.29. The standard InChI is InChI=1S/C15H22S2/c1-14(2,3)10-15(4,5)12-9-7-6-8-11(12)13(16)17/h6-9H,10H2,1-5H3,(H,16,17). The van der Waals surface area contributed by atoms with E-state index in [0.717, 1.165) is 12.0 Å². The summed E-state index contributed by atoms with van der Waals surface area (Å²) < 4.78 is 0.683. The van der Waals surface area contributed by atoms with E-state index < -0.39 is 0 Å². The third kappa shape index (κ3) is 4.11. The summed E-state index contributed by atoms with van der Waals surface area (Å²) in [5, 5.41) is 0. The molecule has 0 aliphatic carbocycles. The van der Waals surface area contributed by atoms with E-state index in [-0.39, 0.29) is 5.41 Å². The SMILES string of the molecule is CC(C)(C)CC(C)(C)c1ccccc1C(=S)S. The summed E-state index contributed by atoms with van der Waals surface area (Å²) in [5.41, 5.74) is 2.81. The fraction of sp³-hybridized carbons (Fsp3) is 0.533. The van der Waals surface area contributed by atoms with Gasteiger partial charge in [0.1, 0.15) is 0 Å². The second kappa shape index (κ2) is 5.11. The minimum Gasteiger partial charge on any atom is -0.131 e. The van der Waals surface area contributed by atoms with E-state index in [1.807, 2.05) is 6.07 Å². The van der Waals surface area contributed by atoms with Crippen LogP contribution in [0.1, 0.15) is 52.2 Å². The molecule has 0 aromatic heterocycles. The Bertz CT molecular complexity index is 411. The van der Waals surface area contributed by atoms with Gasteiger partial charge in [0.05, 0.1) is 4.20 Å². The third-order valence-corrected chi connectivity index (χ3v) is 3.32. The van der Waals surface area contributed by atoms with Crippen LogP contribution in [-0.2, 0) is 5.41 Å². The lowest BCUT2D eigenvalue weighted by atomic mass is 9.71. The zero-order valence-electron chi connectivity index (χ0n) is 11.4. The smallest absolute Gasteiger partial charge is 0.0750 e. The molecule has 1 rings (SSSR count). The summed E-state index contributed by atoms with van der Waals surface area (Å²) in [4.78, 5) is 0. The van der Waals surface area contributed by atoms with Crippen molar-refractivity contribution in [2.75, 3.05) is 0 Å². The quantitative estimate of drug-likeness (QED) is 0.593. The van der Waals surface area contributed by atoms with Gasteiger partial charge >= 0.3 is 0 Å². The van der Waals surface area contributed by atoms with Gasteiger partial charge in [-0.1, -0.05) is 71.1 Å². The molecule has 0 bridgehead atoms. The fourth-order valence-corrected chi connectivity index (χ4v) is 3.05. The molecule has 1 aromatic carbocycles. The number of thiol groups is 1. The first-order valence-electron chi connectivity index (χ1n) is 5.96. The Morgan fingerprint density at radius 1 is 1.12 bits per heavy atom. The van der Waals surface area contributed by atoms with Crippen LogP contribution < -0.4 is 0 Å². The highest BCUT2D eigenvalue weighted by molar-refractivity contribution is 8.11. The van der Waals surface area contributed by atoms with E-state index in [1.165, 1.54) is 5.56 Å². The van der Waals surface area contributed by atoms with E-state index >= 15 is 0 Å². The summed E-state index contributed by atoms with van der Waals surface area (Å²) in [5.74, 6) is 0. The van der Waals surface area contributed by atoms with Crippen LogP contribution in [0.5, 0.6) is 0 Å². The molecular formula is C15H22S2. The Kier molecular flexibility index (Phi) is 4.43. The van der Waals surface area contributed by atoms with Gasteiger partial charge in [-0.15, -0.1) is 12.6 Å². The summed E-state index contributed by atoms with van der Waals surface area (Å²) >= 11 is 9.56. The highest BCUT2D eigenvalue weighted by Crippen LogP contribution is 2.38. The average Bonchev–Trinajstić information content (AvgIpc) is 2.14. The maximum atomic E-state index is 5.22. The highest BCUT2D eigenvalue weighted by atomic mass is 32.1. The zero-order valence-corrected chi connectivity index (χ0v) is 13.1. The van der Waals surface area contributed by atoms with Crippen molar-refractivity contribution in [1.82, 2.24) is 0 Å². The van der Waals surface area contributed by atoms with Crippen LogP contribution in [0.15, 0.2) is 24.3 Å². The van der Waals surface area contributed by atoms with Gasteiger partial charge in [0.25, 0.3) is 0 Å². The molecule has 0 saturated heterocycles. The van der Waals surface area contributed by atoms with Crippen molar-refractivity contribution in [3.8, 4) is 0 Å². The molecule has 0 spiro atoms. The first-order valence-corrected chi connectivity index (χ1v) is 6.82. The van der Waals surface area contributed by atoms with Gasteiger partial charge in [-0.3, -0.25) is 0 Å². The monoisotopic (exact) mass is 266 g/mol. The molecule has 0 aliphatic heterocycles. The summed E-state index contributed by atoms with van der Waals surface area (Å²) in [6.07, 6.45) is 1.12. The first kappa shape index (κ1) is 14.7. The van der Waals surface area contributed by atoms with E-state index in [2.05, 4.69) is 65.4 Å². The van der Waals surface area contributed by atoms with Crippen LogP contribution in [-0.4, -0.2) is 4.20 Å². The summed E-state index contributed by atoms with van der Waals surface area (Å²) in [6, 6.07) is 8.34. The van der Waals surface area contributed by atoms with Gasteiger partial charge < -0.3 is 0 Å². The first-order chi connectivity index (χ1) is 7.63. The maximum Gasteiger partial charge on any atom is 0.0750 e. The Labute approximate surface area is 116 Å². The van der Waals surface area contributed by atoms with Gasteiger partial charge in [0.2, 0.25) is 0 Å². The number of rotatable bonds is 3. The van der Waals surface area contributed by atoms with Gasteiger partial charge in [-0.2, -0.15) is 0 Å². The van der Waals surface area contributed by atoms with E-state index in [1.54, 1.807) is 0 Å². The van der Waals surface area contributed by atoms with Crippen molar-refractivity contribution < 1.29 is 0 Å². The molecule has 0 fully saturated rings. The second-order valence-corrected chi connectivity index (χ2v) is 7.63. The fourth-order valence-electron chi connectivity index (χ4n) is 2.68. The maximum absolute atomic E-state index is 5.22. The predicted octanol–water partition coefficient (Wildman–Crippen LogP) is 5.01. The molecule has 0 N–H and O–H groups in total. The van der Waals surface area contributed by atoms with Crippen molar-refractivity contribution >= 4 is 29.0 Å². The molecule has 0 radical (unpaired) electrons. The molecule has 1 aromatic rings. The number of benzene rings is 1. The molecule has 0 heterocycles. The van der Waals surface area contributed by atoms with Gasteiger partial charge in [-0.05, 0) is 22.8 Å². The Hall–Kier alpha value is -0.340. The number of thiocarbonyl (C=S) groups is 1. The van der Waals surface area contributed by atoms with Gasteiger partial charge in [0, 0.05) is 5.56 Å². The molecule has 0 aliphatic rings. The van der Waals surface area contributed by atoms with Crippen LogP contribution in [0.25, 0.3) is 0 Å². The molecule has 0 unspecified atom stereocenters. The molecule has 2 heteroatoms. The van der Waals surface area contributed by atoms with Crippen LogP contribution in [0.2, 0.25) is 0 Å². The van der Waals surface area contributed by atoms with E-state index in [4.69, 9.17) is 12.2 Å². The van der Waals surface area contributed by atoms with Gasteiger partial charge in [-0.25, -0.2) is 0 Å². The lowest BCUT2D eigenvalue weighted by Gasteiger charge is -2.34. The van der Waals surface area contributed by atoms with Crippen molar-refractivity contribution in [2.45, 2.75) is 46.5 Å². The van der Waals surface area contributed by atoms with Crippen LogP contribution in [0.3, 0.4) is 0 Å². The average molecular weight is 266 g/mol. The molecule has 0 atom stereocenters. The number of hydrogen-bond acceptors (Lipinski definition) is 1. The Morgan fingerprint density at radius 3 is 2.12 bits per heavy atom. The van der Waals surface area contributed by atoms with Crippen molar-refractivity contribution in [3.05, 3.63) is 35.4 Å². The molecule has 0 nitrogen and oxygen atoms in total. The lowest BCUT2D eigenvalue weighted by Crippen LogP contribution is -2.26. The lowest BCUT2D eigenvalue weighted by molar-refractivity contribution is 0.284. The topological polar surface area (TPSA) is 0 Å². The van der Waals surface area contributed by atoms with Crippen LogP contribution in [0.4, 0.5) is 0 Å². The molecule has 17 heavy (non-hydrogen) atoms. The largest absolute Gasteiger partial charge is 0.131 e. The van der Waals surface area contributed by atoms with Gasteiger partial charge in [0.15, 0.2) is 0 Å². The second-order valence-electron chi connectivity index (χ2n) is 6.47. The molecule has 0 amide bonds. The van der Waals surface area contributed by atoms with Crippen LogP contribution >= 0.6 is 24.8 Å². The summed E-state index contributed by atoms with van der Waals surface area (Å²) in [7, 11) is 0. The minimum absolute atomic E-state index is 0.113. The molecule has 94 valence electrons. The predicted molar refractivity (Wildman–Crippen MR) is 84.2 cm³/mol. The Morgan fingerprint density at radius 2 is 1.65 bits per heavy atom. The third-order valence-electron chi connectivity index (χ3n) is 2.86. The molecule has 0 saturated carbocycles. The molecular weight excluding hydrogens is 244 g/mol. The van der Waals surface area contributed by atoms with Crippen molar-refractivity contribution in [3.63, 3.8) is 0 Å². The minimum atomic E-state index is 0.113. The van der Waals surface area contributed by atoms with E-state index in [0.29, 0.717) is 9.61 Å².